The van der Waals surface area contributed by atoms with Gasteiger partial charge in [0.25, 0.3) is 0 Å². The minimum absolute atomic E-state index is 0.437. The fourth-order valence-corrected chi connectivity index (χ4v) is 3.86. The van der Waals surface area contributed by atoms with Crippen LogP contribution in [0.5, 0.6) is 0 Å². The highest BCUT2D eigenvalue weighted by Crippen LogP contribution is 2.48. The van der Waals surface area contributed by atoms with E-state index in [9.17, 15) is 0 Å². The second-order valence-electron chi connectivity index (χ2n) is 6.59. The lowest BCUT2D eigenvalue weighted by Crippen LogP contribution is -2.35. The molecule has 0 amide bonds. The van der Waals surface area contributed by atoms with E-state index in [0.29, 0.717) is 11.5 Å². The summed E-state index contributed by atoms with van der Waals surface area (Å²) in [5.41, 5.74) is 5.01. The van der Waals surface area contributed by atoms with Gasteiger partial charge < -0.3 is 5.32 Å². The Bertz CT molecular complexity index is 429. The molecule has 0 aromatic heterocycles. The van der Waals surface area contributed by atoms with Crippen molar-refractivity contribution in [3.05, 3.63) is 34.9 Å². The molecule has 1 fully saturated rings. The Kier molecular flexibility index (Phi) is 5.26. The van der Waals surface area contributed by atoms with Crippen LogP contribution in [0.25, 0.3) is 0 Å². The normalized spacial score (nSPS) is 19.2. The van der Waals surface area contributed by atoms with Crippen LogP contribution in [0, 0.1) is 5.41 Å². The van der Waals surface area contributed by atoms with E-state index in [1.54, 1.807) is 5.56 Å². The molecule has 1 heteroatoms. The van der Waals surface area contributed by atoms with Gasteiger partial charge in [0.05, 0.1) is 0 Å². The minimum Gasteiger partial charge on any atom is -0.310 e. The second-order valence-corrected chi connectivity index (χ2v) is 6.59. The summed E-state index contributed by atoms with van der Waals surface area (Å²) in [6.45, 7) is 10.3. The van der Waals surface area contributed by atoms with Crippen molar-refractivity contribution in [2.24, 2.45) is 5.41 Å². The monoisotopic (exact) mass is 273 g/mol. The molecule has 0 saturated heterocycles. The number of nitrogens with one attached hydrogen (secondary N) is 1. The molecular formula is C19H31N. The quantitative estimate of drug-likeness (QED) is 0.765. The Hall–Kier alpha value is -0.820. The van der Waals surface area contributed by atoms with Gasteiger partial charge in [0.1, 0.15) is 0 Å². The molecule has 1 aromatic carbocycles. The summed E-state index contributed by atoms with van der Waals surface area (Å²) >= 11 is 0. The lowest BCUT2D eigenvalue weighted by Gasteiger charge is -2.36. The third-order valence-electron chi connectivity index (χ3n) is 5.16. The Labute approximate surface area is 125 Å². The zero-order valence-electron chi connectivity index (χ0n) is 13.8. The molecule has 0 spiro atoms. The zero-order chi connectivity index (χ0) is 14.6. The van der Waals surface area contributed by atoms with Crippen molar-refractivity contribution in [3.8, 4) is 0 Å². The lowest BCUT2D eigenvalue weighted by molar-refractivity contribution is 0.225. The molecule has 0 aliphatic heterocycles. The van der Waals surface area contributed by atoms with Crippen LogP contribution in [-0.4, -0.2) is 6.54 Å². The third kappa shape index (κ3) is 3.09. The van der Waals surface area contributed by atoms with Crippen LogP contribution in [0.2, 0.25) is 0 Å². The van der Waals surface area contributed by atoms with E-state index in [1.807, 2.05) is 0 Å². The minimum atomic E-state index is 0.437. The van der Waals surface area contributed by atoms with Crippen LogP contribution in [-0.2, 0) is 12.8 Å². The van der Waals surface area contributed by atoms with Gasteiger partial charge in [-0.3, -0.25) is 0 Å². The molecule has 1 saturated carbocycles. The number of rotatable bonds is 6. The van der Waals surface area contributed by atoms with Crippen molar-refractivity contribution < 1.29 is 0 Å². The summed E-state index contributed by atoms with van der Waals surface area (Å²) in [5.74, 6) is 0. The van der Waals surface area contributed by atoms with Gasteiger partial charge in [-0.2, -0.15) is 0 Å². The maximum atomic E-state index is 3.81. The smallest absolute Gasteiger partial charge is 0.0377 e. The van der Waals surface area contributed by atoms with Gasteiger partial charge in [0.2, 0.25) is 0 Å². The molecule has 1 aliphatic carbocycles. The molecule has 1 N–H and O–H groups in total. The maximum absolute atomic E-state index is 3.81. The highest BCUT2D eigenvalue weighted by atomic mass is 14.9. The number of aryl methyl sites for hydroxylation is 2. The first-order chi connectivity index (χ1) is 9.64. The summed E-state index contributed by atoms with van der Waals surface area (Å²) in [6, 6.07) is 7.66. The molecule has 1 unspecified atom stereocenters. The molecule has 0 heterocycles. The fourth-order valence-electron chi connectivity index (χ4n) is 3.86. The van der Waals surface area contributed by atoms with Crippen molar-refractivity contribution in [2.75, 3.05) is 6.54 Å². The molecular weight excluding hydrogens is 242 g/mol. The number of hydrogen-bond donors (Lipinski definition) is 1. The first-order valence-corrected chi connectivity index (χ1v) is 8.49. The van der Waals surface area contributed by atoms with E-state index >= 15 is 0 Å². The molecule has 20 heavy (non-hydrogen) atoms. The Morgan fingerprint density at radius 2 is 1.80 bits per heavy atom. The average Bonchev–Trinajstić information content (AvgIpc) is 2.91. The summed E-state index contributed by atoms with van der Waals surface area (Å²) < 4.78 is 0. The number of hydrogen-bond acceptors (Lipinski definition) is 1. The SMILES string of the molecule is CCNC(c1cc(CC)ccc1CC)C1(C)CCCC1. The van der Waals surface area contributed by atoms with E-state index < -0.39 is 0 Å². The van der Waals surface area contributed by atoms with Crippen molar-refractivity contribution >= 4 is 0 Å². The van der Waals surface area contributed by atoms with Gasteiger partial charge in [0.15, 0.2) is 0 Å². The zero-order valence-corrected chi connectivity index (χ0v) is 13.8. The molecule has 0 radical (unpaired) electrons. The summed E-state index contributed by atoms with van der Waals surface area (Å²) in [7, 11) is 0. The molecule has 112 valence electrons. The molecule has 2 rings (SSSR count). The first kappa shape index (κ1) is 15.6. The van der Waals surface area contributed by atoms with Gasteiger partial charge in [0, 0.05) is 6.04 Å². The van der Waals surface area contributed by atoms with Crippen LogP contribution in [0.3, 0.4) is 0 Å². The van der Waals surface area contributed by atoms with Crippen LogP contribution in [0.4, 0.5) is 0 Å². The Morgan fingerprint density at radius 3 is 2.35 bits per heavy atom. The van der Waals surface area contributed by atoms with Crippen molar-refractivity contribution in [1.29, 1.82) is 0 Å². The topological polar surface area (TPSA) is 12.0 Å². The van der Waals surface area contributed by atoms with E-state index in [1.165, 1.54) is 36.8 Å². The van der Waals surface area contributed by atoms with Crippen LogP contribution < -0.4 is 5.32 Å². The van der Waals surface area contributed by atoms with Crippen LogP contribution >= 0.6 is 0 Å². The Morgan fingerprint density at radius 1 is 1.10 bits per heavy atom. The highest BCUT2D eigenvalue weighted by molar-refractivity contribution is 5.36. The first-order valence-electron chi connectivity index (χ1n) is 8.49. The van der Waals surface area contributed by atoms with Gasteiger partial charge in [-0.25, -0.2) is 0 Å². The average molecular weight is 273 g/mol. The van der Waals surface area contributed by atoms with Crippen molar-refractivity contribution in [1.82, 2.24) is 5.32 Å². The van der Waals surface area contributed by atoms with Gasteiger partial charge in [-0.15, -0.1) is 0 Å². The predicted molar refractivity (Wildman–Crippen MR) is 88.2 cm³/mol. The highest BCUT2D eigenvalue weighted by Gasteiger charge is 2.38. The standard InChI is InChI=1S/C19H31N/c1-5-15-10-11-16(6-2)17(14-15)18(20-7-3)19(4)12-8-9-13-19/h10-11,14,18,20H,5-9,12-13H2,1-4H3. The maximum Gasteiger partial charge on any atom is 0.0377 e. The predicted octanol–water partition coefficient (Wildman–Crippen LogP) is 5.04. The lowest BCUT2D eigenvalue weighted by atomic mass is 9.75. The van der Waals surface area contributed by atoms with Crippen LogP contribution in [0.15, 0.2) is 18.2 Å². The van der Waals surface area contributed by atoms with Gasteiger partial charge >= 0.3 is 0 Å². The molecule has 1 nitrogen and oxygen atoms in total. The van der Waals surface area contributed by atoms with E-state index in [-0.39, 0.29) is 0 Å². The third-order valence-corrected chi connectivity index (χ3v) is 5.16. The Balaban J connectivity index is 2.42. The van der Waals surface area contributed by atoms with E-state index in [4.69, 9.17) is 0 Å². The number of benzene rings is 1. The molecule has 0 bridgehead atoms. The summed E-state index contributed by atoms with van der Waals surface area (Å²) in [4.78, 5) is 0. The van der Waals surface area contributed by atoms with Gasteiger partial charge in [-0.05, 0) is 54.3 Å². The largest absolute Gasteiger partial charge is 0.310 e. The second kappa shape index (κ2) is 6.76. The van der Waals surface area contributed by atoms with Crippen LogP contribution in [0.1, 0.15) is 76.1 Å². The summed E-state index contributed by atoms with van der Waals surface area (Å²) in [6.07, 6.45) is 7.79. The fraction of sp³-hybridized carbons (Fsp3) is 0.684. The van der Waals surface area contributed by atoms with E-state index in [2.05, 4.69) is 51.2 Å². The summed E-state index contributed by atoms with van der Waals surface area (Å²) in [5, 5.41) is 3.81. The molecule has 1 atom stereocenters. The molecule has 1 aromatic rings. The van der Waals surface area contributed by atoms with Gasteiger partial charge in [-0.1, -0.05) is 58.7 Å². The van der Waals surface area contributed by atoms with Crippen molar-refractivity contribution in [3.63, 3.8) is 0 Å². The van der Waals surface area contributed by atoms with E-state index in [0.717, 1.165) is 19.4 Å². The molecule has 1 aliphatic rings. The van der Waals surface area contributed by atoms with Crippen molar-refractivity contribution in [2.45, 2.75) is 72.3 Å².